The minimum absolute atomic E-state index is 0.0456. The van der Waals surface area contributed by atoms with Crippen LogP contribution < -0.4 is 5.32 Å². The van der Waals surface area contributed by atoms with Crippen LogP contribution >= 0.6 is 0 Å². The third-order valence-corrected chi connectivity index (χ3v) is 4.05. The van der Waals surface area contributed by atoms with Gasteiger partial charge in [0.25, 0.3) is 0 Å². The summed E-state index contributed by atoms with van der Waals surface area (Å²) >= 11 is 0. The summed E-state index contributed by atoms with van der Waals surface area (Å²) in [4.78, 5) is 4.17. The van der Waals surface area contributed by atoms with E-state index in [4.69, 9.17) is 0 Å². The van der Waals surface area contributed by atoms with E-state index >= 15 is 0 Å². The monoisotopic (exact) mass is 392 g/mol. The number of aliphatic hydroxyl groups excluding tert-OH is 1. The molecule has 0 saturated heterocycles. The molecule has 9 heteroatoms. The van der Waals surface area contributed by atoms with Gasteiger partial charge in [0.05, 0.1) is 25.1 Å². The van der Waals surface area contributed by atoms with Crippen LogP contribution in [0.15, 0.2) is 46.6 Å². The average Bonchev–Trinajstić information content (AvgIpc) is 2.64. The highest BCUT2D eigenvalue weighted by Gasteiger charge is 2.19. The fourth-order valence-corrected chi connectivity index (χ4v) is 2.58. The van der Waals surface area contributed by atoms with Crippen molar-refractivity contribution in [3.05, 3.63) is 76.5 Å². The molecule has 0 saturated carbocycles. The summed E-state index contributed by atoms with van der Waals surface area (Å²) in [6, 6.07) is 4.30. The topological polar surface area (TPSA) is 60.2 Å². The van der Waals surface area contributed by atoms with Crippen LogP contribution in [0, 0.1) is 30.2 Å². The Labute approximate surface area is 158 Å². The maximum Gasteiger partial charge on any atom is 0.225 e. The van der Waals surface area contributed by atoms with Gasteiger partial charge in [-0.15, -0.1) is 0 Å². The van der Waals surface area contributed by atoms with E-state index in [1.807, 2.05) is 0 Å². The fourth-order valence-electron chi connectivity index (χ4n) is 2.58. The van der Waals surface area contributed by atoms with Crippen LogP contribution in [0.2, 0.25) is 0 Å². The lowest BCUT2D eigenvalue weighted by molar-refractivity contribution is 0.281. The number of nitrogens with one attached hydrogen (secondary N) is 1. The first-order chi connectivity index (χ1) is 13.3. The lowest BCUT2D eigenvalue weighted by atomic mass is 10.1. The second-order valence-electron chi connectivity index (χ2n) is 6.15. The minimum Gasteiger partial charge on any atom is -0.392 e. The number of hydrazone groups is 1. The van der Waals surface area contributed by atoms with E-state index in [2.05, 4.69) is 22.0 Å². The summed E-state index contributed by atoms with van der Waals surface area (Å²) in [5, 5.41) is 17.4. The van der Waals surface area contributed by atoms with Crippen LogP contribution in [0.25, 0.3) is 0 Å². The first-order valence-electron chi connectivity index (χ1n) is 8.18. The van der Waals surface area contributed by atoms with Crippen LogP contribution in [0.4, 0.5) is 23.2 Å². The zero-order valence-corrected chi connectivity index (χ0v) is 14.8. The predicted octanol–water partition coefficient (Wildman–Crippen LogP) is 3.64. The Kier molecular flexibility index (Phi) is 5.46. The maximum atomic E-state index is 14.3. The first-order valence-corrected chi connectivity index (χ1v) is 8.18. The molecular formula is C19H16F4N4O. The van der Waals surface area contributed by atoms with Crippen LogP contribution in [0.1, 0.15) is 16.7 Å². The number of halogens is 4. The molecule has 0 unspecified atom stereocenters. The summed E-state index contributed by atoms with van der Waals surface area (Å²) in [5.41, 5.74) is 1.45. The van der Waals surface area contributed by atoms with Gasteiger partial charge < -0.3 is 10.4 Å². The summed E-state index contributed by atoms with van der Waals surface area (Å²) in [7, 11) is 0. The molecule has 0 aromatic heterocycles. The van der Waals surface area contributed by atoms with Crippen molar-refractivity contribution in [3.8, 4) is 0 Å². The van der Waals surface area contributed by atoms with Crippen molar-refractivity contribution >= 4 is 17.9 Å². The number of hydrogen-bond acceptors (Lipinski definition) is 3. The van der Waals surface area contributed by atoms with E-state index < -0.39 is 23.3 Å². The second kappa shape index (κ2) is 7.81. The Morgan fingerprint density at radius 1 is 1.11 bits per heavy atom. The summed E-state index contributed by atoms with van der Waals surface area (Å²) in [6.45, 7) is 4.89. The summed E-state index contributed by atoms with van der Waals surface area (Å²) in [5.74, 6) is -4.80. The van der Waals surface area contributed by atoms with Crippen LogP contribution in [0.5, 0.6) is 0 Å². The van der Waals surface area contributed by atoms with E-state index in [0.29, 0.717) is 16.8 Å². The van der Waals surface area contributed by atoms with E-state index in [9.17, 15) is 22.7 Å². The Hall–Kier alpha value is -3.20. The molecule has 3 rings (SSSR count). The zero-order chi connectivity index (χ0) is 20.4. The SMILES string of the molecule is C=C1C=NN(Cc2cc(F)c(F)c(F)c2)C(=Nc2cc(CO)c(C)cc2F)N1. The minimum atomic E-state index is -1.57. The van der Waals surface area contributed by atoms with E-state index in [1.165, 1.54) is 23.4 Å². The molecule has 2 aromatic rings. The van der Waals surface area contributed by atoms with Crippen molar-refractivity contribution in [1.82, 2.24) is 10.3 Å². The number of nitrogens with zero attached hydrogens (tertiary/aromatic N) is 3. The molecule has 2 aromatic carbocycles. The van der Waals surface area contributed by atoms with Gasteiger partial charge in [-0.1, -0.05) is 6.58 Å². The van der Waals surface area contributed by atoms with Crippen molar-refractivity contribution in [1.29, 1.82) is 0 Å². The maximum absolute atomic E-state index is 14.3. The number of aliphatic imine (C=N–C) groups is 1. The van der Waals surface area contributed by atoms with Crippen molar-refractivity contribution in [2.45, 2.75) is 20.1 Å². The molecule has 0 amide bonds. The van der Waals surface area contributed by atoms with Crippen LogP contribution in [-0.4, -0.2) is 22.3 Å². The predicted molar refractivity (Wildman–Crippen MR) is 96.8 cm³/mol. The summed E-state index contributed by atoms with van der Waals surface area (Å²) < 4.78 is 54.4. The highest BCUT2D eigenvalue weighted by Crippen LogP contribution is 2.24. The molecule has 0 radical (unpaired) electrons. The fraction of sp³-hybridized carbons (Fsp3) is 0.158. The Morgan fingerprint density at radius 2 is 1.79 bits per heavy atom. The first kappa shape index (κ1) is 19.6. The number of guanidine groups is 1. The molecule has 28 heavy (non-hydrogen) atoms. The molecule has 146 valence electrons. The molecule has 0 bridgehead atoms. The summed E-state index contributed by atoms with van der Waals surface area (Å²) in [6.07, 6.45) is 1.35. The van der Waals surface area contributed by atoms with Gasteiger partial charge in [-0.25, -0.2) is 27.6 Å². The van der Waals surface area contributed by atoms with Crippen molar-refractivity contribution < 1.29 is 22.7 Å². The lowest BCUT2D eigenvalue weighted by Gasteiger charge is -2.26. The van der Waals surface area contributed by atoms with Crippen molar-refractivity contribution in [3.63, 3.8) is 0 Å². The third-order valence-electron chi connectivity index (χ3n) is 4.05. The molecule has 0 fully saturated rings. The third kappa shape index (κ3) is 4.04. The largest absolute Gasteiger partial charge is 0.392 e. The Morgan fingerprint density at radius 3 is 2.43 bits per heavy atom. The highest BCUT2D eigenvalue weighted by molar-refractivity contribution is 5.94. The standard InChI is InChI=1S/C19H16F4N4O/c1-10-3-14(20)17(6-13(10)9-28)26-19-25-11(2)7-24-27(19)8-12-4-15(21)18(23)16(22)5-12/h3-7,28H,2,8-9H2,1H3,(H,25,26). The number of benzene rings is 2. The van der Waals surface area contributed by atoms with Gasteiger partial charge >= 0.3 is 0 Å². The number of hydrogen-bond donors (Lipinski definition) is 2. The second-order valence-corrected chi connectivity index (χ2v) is 6.15. The molecule has 2 N–H and O–H groups in total. The zero-order valence-electron chi connectivity index (χ0n) is 14.8. The van der Waals surface area contributed by atoms with Crippen molar-refractivity contribution in [2.75, 3.05) is 0 Å². The van der Waals surface area contributed by atoms with Gasteiger partial charge in [-0.3, -0.25) is 0 Å². The lowest BCUT2D eigenvalue weighted by Crippen LogP contribution is -2.41. The smallest absolute Gasteiger partial charge is 0.225 e. The van der Waals surface area contributed by atoms with Gasteiger partial charge in [-0.05, 0) is 47.9 Å². The molecule has 0 atom stereocenters. The number of allylic oxidation sites excluding steroid dienone is 1. The molecule has 0 spiro atoms. The molecule has 5 nitrogen and oxygen atoms in total. The quantitative estimate of drug-likeness (QED) is 0.617. The van der Waals surface area contributed by atoms with Gasteiger partial charge in [0.1, 0.15) is 11.5 Å². The molecule has 1 aliphatic heterocycles. The Bertz CT molecular complexity index is 981. The highest BCUT2D eigenvalue weighted by atomic mass is 19.2. The van der Waals surface area contributed by atoms with Crippen LogP contribution in [0.3, 0.4) is 0 Å². The van der Waals surface area contributed by atoms with E-state index in [-0.39, 0.29) is 30.4 Å². The Balaban J connectivity index is 1.98. The number of aryl methyl sites for hydroxylation is 1. The molecule has 0 aliphatic carbocycles. The molecule has 1 aliphatic rings. The van der Waals surface area contributed by atoms with E-state index in [1.54, 1.807) is 6.92 Å². The number of aliphatic hydroxyl groups is 1. The number of rotatable bonds is 4. The molecular weight excluding hydrogens is 376 g/mol. The van der Waals surface area contributed by atoms with Crippen LogP contribution in [-0.2, 0) is 13.2 Å². The van der Waals surface area contributed by atoms with Gasteiger partial charge in [0.15, 0.2) is 17.5 Å². The van der Waals surface area contributed by atoms with E-state index in [0.717, 1.165) is 12.1 Å². The molecule has 1 heterocycles. The van der Waals surface area contributed by atoms with Gasteiger partial charge in [-0.2, -0.15) is 5.10 Å². The normalized spacial score (nSPS) is 15.3. The van der Waals surface area contributed by atoms with Gasteiger partial charge in [0.2, 0.25) is 5.96 Å². The average molecular weight is 392 g/mol. The van der Waals surface area contributed by atoms with Gasteiger partial charge in [0, 0.05) is 0 Å². The van der Waals surface area contributed by atoms with Crippen molar-refractivity contribution in [2.24, 2.45) is 10.1 Å².